The van der Waals surface area contributed by atoms with Crippen LogP contribution in [0, 0.1) is 5.92 Å². The highest BCUT2D eigenvalue weighted by Gasteiger charge is 2.44. The van der Waals surface area contributed by atoms with Gasteiger partial charge in [0, 0.05) is 25.6 Å². The smallest absolute Gasteiger partial charge is 0.326 e. The summed E-state index contributed by atoms with van der Waals surface area (Å²) in [6.07, 6.45) is 6.20. The molecule has 1 aliphatic carbocycles. The number of hydrogen-bond donors (Lipinski definition) is 2. The number of likely N-dealkylation sites (tertiary alicyclic amines) is 2. The molecule has 2 saturated heterocycles. The van der Waals surface area contributed by atoms with E-state index < -0.39 is 18.1 Å². The monoisotopic (exact) mass is 296 g/mol. The molecule has 2 aliphatic heterocycles. The minimum absolute atomic E-state index is 0.142. The van der Waals surface area contributed by atoms with Crippen LogP contribution in [-0.2, 0) is 4.79 Å². The molecule has 3 aliphatic rings. The number of nitrogens with zero attached hydrogens (tertiary/aromatic N) is 2. The van der Waals surface area contributed by atoms with E-state index in [9.17, 15) is 19.8 Å². The van der Waals surface area contributed by atoms with E-state index in [1.54, 1.807) is 0 Å². The number of β-amino-alcohol motifs (C(OH)–C–C–N with tert-alkyl or cyclic N) is 1. The first-order valence-electron chi connectivity index (χ1n) is 8.06. The van der Waals surface area contributed by atoms with Gasteiger partial charge in [0.15, 0.2) is 0 Å². The molecule has 0 aromatic carbocycles. The number of hydrogen-bond acceptors (Lipinski definition) is 3. The summed E-state index contributed by atoms with van der Waals surface area (Å²) >= 11 is 0. The summed E-state index contributed by atoms with van der Waals surface area (Å²) in [4.78, 5) is 27.4. The molecule has 2 N–H and O–H groups in total. The van der Waals surface area contributed by atoms with Crippen LogP contribution >= 0.6 is 0 Å². The van der Waals surface area contributed by atoms with Gasteiger partial charge in [0.25, 0.3) is 0 Å². The Bertz CT molecular complexity index is 426. The van der Waals surface area contributed by atoms with Gasteiger partial charge in [0.2, 0.25) is 0 Å². The highest BCUT2D eigenvalue weighted by molar-refractivity contribution is 5.83. The number of rotatable bonds is 1. The fourth-order valence-corrected chi connectivity index (χ4v) is 4.29. The van der Waals surface area contributed by atoms with Crippen LogP contribution in [0.15, 0.2) is 0 Å². The van der Waals surface area contributed by atoms with E-state index in [2.05, 4.69) is 0 Å². The third-order valence-electron chi connectivity index (χ3n) is 5.30. The van der Waals surface area contributed by atoms with Gasteiger partial charge >= 0.3 is 12.0 Å². The van der Waals surface area contributed by atoms with Crippen molar-refractivity contribution in [3.8, 4) is 0 Å². The maximum atomic E-state index is 12.8. The summed E-state index contributed by atoms with van der Waals surface area (Å²) in [5.74, 6) is -0.440. The van der Waals surface area contributed by atoms with E-state index in [1.165, 1.54) is 24.2 Å². The number of amides is 2. The maximum Gasteiger partial charge on any atom is 0.326 e. The van der Waals surface area contributed by atoms with Crippen molar-refractivity contribution in [3.63, 3.8) is 0 Å². The predicted octanol–water partition coefficient (Wildman–Crippen LogP) is 1.28. The standard InChI is InChI=1S/C15H24N2O4/c18-11-8-13(14(19)20)17(9-11)15(21)16-7-3-5-10-4-1-2-6-12(10)16/h10-13,18H,1-9H2,(H,19,20)/t10-,11+,12-,13+/m1/s1. The van der Waals surface area contributed by atoms with Crippen molar-refractivity contribution in [2.75, 3.05) is 13.1 Å². The molecule has 0 radical (unpaired) electrons. The van der Waals surface area contributed by atoms with Gasteiger partial charge in [-0.1, -0.05) is 12.8 Å². The van der Waals surface area contributed by atoms with Crippen molar-refractivity contribution in [1.82, 2.24) is 9.80 Å². The summed E-state index contributed by atoms with van der Waals surface area (Å²) in [5.41, 5.74) is 0. The second kappa shape index (κ2) is 5.83. The lowest BCUT2D eigenvalue weighted by molar-refractivity contribution is -0.141. The van der Waals surface area contributed by atoms with Crippen molar-refractivity contribution in [2.24, 2.45) is 5.92 Å². The van der Waals surface area contributed by atoms with E-state index in [-0.39, 0.29) is 25.0 Å². The van der Waals surface area contributed by atoms with Gasteiger partial charge in [-0.15, -0.1) is 0 Å². The zero-order chi connectivity index (χ0) is 15.0. The van der Waals surface area contributed by atoms with Crippen LogP contribution in [-0.4, -0.2) is 63.3 Å². The molecule has 2 heterocycles. The van der Waals surface area contributed by atoms with Crippen LogP contribution in [0.5, 0.6) is 0 Å². The Morgan fingerprint density at radius 1 is 1.00 bits per heavy atom. The number of aliphatic hydroxyl groups is 1. The Labute approximate surface area is 124 Å². The van der Waals surface area contributed by atoms with Gasteiger partial charge in [-0.25, -0.2) is 9.59 Å². The molecule has 6 nitrogen and oxygen atoms in total. The number of urea groups is 1. The lowest BCUT2D eigenvalue weighted by atomic mass is 9.78. The summed E-state index contributed by atoms with van der Waals surface area (Å²) in [6, 6.07) is -0.792. The van der Waals surface area contributed by atoms with Gasteiger partial charge in [0.05, 0.1) is 6.10 Å². The second-order valence-corrected chi connectivity index (χ2v) is 6.63. The minimum Gasteiger partial charge on any atom is -0.480 e. The number of carboxylic acids is 1. The average molecular weight is 296 g/mol. The summed E-state index contributed by atoms with van der Waals surface area (Å²) in [7, 11) is 0. The first-order valence-corrected chi connectivity index (χ1v) is 8.06. The second-order valence-electron chi connectivity index (χ2n) is 6.63. The molecule has 4 atom stereocenters. The number of carbonyl (C=O) groups excluding carboxylic acids is 1. The van der Waals surface area contributed by atoms with Crippen molar-refractivity contribution in [3.05, 3.63) is 0 Å². The quantitative estimate of drug-likeness (QED) is 0.764. The van der Waals surface area contributed by atoms with Gasteiger partial charge in [-0.05, 0) is 31.6 Å². The van der Waals surface area contributed by atoms with Crippen LogP contribution in [0.1, 0.15) is 44.9 Å². The molecule has 21 heavy (non-hydrogen) atoms. The van der Waals surface area contributed by atoms with Crippen molar-refractivity contribution >= 4 is 12.0 Å². The van der Waals surface area contributed by atoms with E-state index in [0.717, 1.165) is 25.8 Å². The Balaban J connectivity index is 1.75. The van der Waals surface area contributed by atoms with Gasteiger partial charge in [-0.3, -0.25) is 0 Å². The molecule has 0 aromatic rings. The average Bonchev–Trinajstić information content (AvgIpc) is 2.88. The highest BCUT2D eigenvalue weighted by Crippen LogP contribution is 2.36. The minimum atomic E-state index is -1.02. The van der Waals surface area contributed by atoms with Crippen LogP contribution in [0.2, 0.25) is 0 Å². The van der Waals surface area contributed by atoms with Gasteiger partial charge < -0.3 is 20.0 Å². The predicted molar refractivity (Wildman–Crippen MR) is 75.8 cm³/mol. The first kappa shape index (κ1) is 14.6. The summed E-state index contributed by atoms with van der Waals surface area (Å²) < 4.78 is 0. The molecule has 118 valence electrons. The molecule has 3 rings (SSSR count). The number of aliphatic carboxylic acids is 1. The molecule has 0 unspecified atom stereocenters. The van der Waals surface area contributed by atoms with Crippen LogP contribution in [0.25, 0.3) is 0 Å². The third-order valence-corrected chi connectivity index (χ3v) is 5.30. The number of fused-ring (bicyclic) bond motifs is 1. The fourth-order valence-electron chi connectivity index (χ4n) is 4.29. The molecule has 6 heteroatoms. The summed E-state index contributed by atoms with van der Waals surface area (Å²) in [6.45, 7) is 0.864. The summed E-state index contributed by atoms with van der Waals surface area (Å²) in [5, 5.41) is 19.0. The van der Waals surface area contributed by atoms with Crippen molar-refractivity contribution in [1.29, 1.82) is 0 Å². The SMILES string of the molecule is O=C(O)[C@@H]1C[C@H](O)CN1C(=O)N1CCC[C@H]2CCCC[C@H]21. The Kier molecular flexibility index (Phi) is 4.06. The first-order chi connectivity index (χ1) is 10.1. The molecular weight excluding hydrogens is 272 g/mol. The zero-order valence-corrected chi connectivity index (χ0v) is 12.3. The third kappa shape index (κ3) is 2.73. The van der Waals surface area contributed by atoms with Crippen molar-refractivity contribution < 1.29 is 19.8 Å². The number of aliphatic hydroxyl groups excluding tert-OH is 1. The van der Waals surface area contributed by atoms with E-state index in [0.29, 0.717) is 5.92 Å². The fraction of sp³-hybridized carbons (Fsp3) is 0.867. The normalized spacial score (nSPS) is 36.4. The largest absolute Gasteiger partial charge is 0.480 e. The number of carbonyl (C=O) groups is 2. The van der Waals surface area contributed by atoms with Crippen LogP contribution < -0.4 is 0 Å². The van der Waals surface area contributed by atoms with Crippen molar-refractivity contribution in [2.45, 2.75) is 63.1 Å². The molecule has 2 amide bonds. The molecular formula is C15H24N2O4. The number of carboxylic acid groups (broad SMARTS) is 1. The Hall–Kier alpha value is -1.30. The molecule has 0 spiro atoms. The van der Waals surface area contributed by atoms with Crippen LogP contribution in [0.3, 0.4) is 0 Å². The van der Waals surface area contributed by atoms with E-state index in [4.69, 9.17) is 0 Å². The lowest BCUT2D eigenvalue weighted by Gasteiger charge is -2.45. The van der Waals surface area contributed by atoms with Gasteiger partial charge in [0.1, 0.15) is 6.04 Å². The van der Waals surface area contributed by atoms with E-state index >= 15 is 0 Å². The van der Waals surface area contributed by atoms with Gasteiger partial charge in [-0.2, -0.15) is 0 Å². The highest BCUT2D eigenvalue weighted by atomic mass is 16.4. The molecule has 0 bridgehead atoms. The molecule has 1 saturated carbocycles. The Morgan fingerprint density at radius 2 is 1.71 bits per heavy atom. The molecule has 3 fully saturated rings. The number of piperidine rings is 1. The van der Waals surface area contributed by atoms with Crippen LogP contribution in [0.4, 0.5) is 4.79 Å². The topological polar surface area (TPSA) is 81.1 Å². The maximum absolute atomic E-state index is 12.8. The zero-order valence-electron chi connectivity index (χ0n) is 12.3. The Morgan fingerprint density at radius 3 is 2.48 bits per heavy atom. The molecule has 0 aromatic heterocycles. The van der Waals surface area contributed by atoms with E-state index in [1.807, 2.05) is 4.90 Å². The lowest BCUT2D eigenvalue weighted by Crippen LogP contribution is -2.56.